The molecule has 2 rings (SSSR count). The van der Waals surface area contributed by atoms with Crippen LogP contribution in [0.2, 0.25) is 0 Å². The molecule has 0 amide bonds. The molecule has 2 aromatic rings. The zero-order valence-corrected chi connectivity index (χ0v) is 10.3. The topological polar surface area (TPSA) is 60.2 Å². The van der Waals surface area contributed by atoms with Gasteiger partial charge < -0.3 is 4.42 Å². The molecule has 74 valence electrons. The summed E-state index contributed by atoms with van der Waals surface area (Å²) in [5, 5.41) is -0.460. The number of oxazole rings is 1. The zero-order chi connectivity index (χ0) is 10.3. The van der Waals surface area contributed by atoms with E-state index in [1.165, 1.54) is 0 Å². The van der Waals surface area contributed by atoms with E-state index in [1.54, 1.807) is 18.2 Å². The quantitative estimate of drug-likeness (QED) is 0.589. The molecular weight excluding hydrogens is 341 g/mol. The average Bonchev–Trinajstić information content (AvgIpc) is 2.48. The third kappa shape index (κ3) is 1.73. The maximum absolute atomic E-state index is 10.9. The van der Waals surface area contributed by atoms with Gasteiger partial charge >= 0.3 is 14.3 Å². The van der Waals surface area contributed by atoms with Crippen LogP contribution in [0.25, 0.3) is 11.1 Å². The van der Waals surface area contributed by atoms with Gasteiger partial charge in [0.15, 0.2) is 5.58 Å². The number of rotatable bonds is 1. The molecule has 0 saturated heterocycles. The Morgan fingerprint density at radius 2 is 2.14 bits per heavy atom. The Bertz CT molecular complexity index is 592. The van der Waals surface area contributed by atoms with Crippen molar-refractivity contribution in [3.8, 4) is 0 Å². The predicted molar refractivity (Wildman–Crippen MR) is 59.8 cm³/mol. The van der Waals surface area contributed by atoms with Gasteiger partial charge in [0.1, 0.15) is 5.52 Å². The number of hydrogen-bond donors (Lipinski definition) is 0. The molecule has 0 spiro atoms. The van der Waals surface area contributed by atoms with E-state index in [2.05, 4.69) is 4.98 Å². The minimum absolute atomic E-state index is 0.437. The monoisotopic (exact) mass is 343 g/mol. The van der Waals surface area contributed by atoms with E-state index >= 15 is 0 Å². The van der Waals surface area contributed by atoms with Crippen LogP contribution >= 0.6 is 33.3 Å². The molecule has 1 aromatic heterocycles. The van der Waals surface area contributed by atoms with Crippen LogP contribution in [-0.4, -0.2) is 13.4 Å². The average molecular weight is 344 g/mol. The number of halogens is 2. The summed E-state index contributed by atoms with van der Waals surface area (Å²) in [6, 6.07) is 5.21. The highest BCUT2D eigenvalue weighted by Crippen LogP contribution is 2.24. The minimum atomic E-state index is -3.89. The standard InChI is InChI=1S/C7H3ClINO3S/c8-14(11,12)7-10-5-3-1-2-4(9)6(5)13-7/h1-3H. The number of para-hydroxylation sites is 1. The summed E-state index contributed by atoms with van der Waals surface area (Å²) >= 11 is 2.03. The Morgan fingerprint density at radius 3 is 2.71 bits per heavy atom. The van der Waals surface area contributed by atoms with Crippen LogP contribution in [0.3, 0.4) is 0 Å². The van der Waals surface area contributed by atoms with E-state index in [9.17, 15) is 8.42 Å². The molecule has 7 heteroatoms. The van der Waals surface area contributed by atoms with E-state index in [0.29, 0.717) is 11.1 Å². The van der Waals surface area contributed by atoms with Crippen LogP contribution in [-0.2, 0) is 9.05 Å². The summed E-state index contributed by atoms with van der Waals surface area (Å²) in [7, 11) is 1.21. The van der Waals surface area contributed by atoms with Crippen LogP contribution in [0.5, 0.6) is 0 Å². The van der Waals surface area contributed by atoms with Gasteiger partial charge in [-0.2, -0.15) is 4.98 Å². The van der Waals surface area contributed by atoms with Crippen LogP contribution in [0, 0.1) is 3.57 Å². The Kier molecular flexibility index (Phi) is 2.44. The van der Waals surface area contributed by atoms with Crippen molar-refractivity contribution in [2.45, 2.75) is 5.22 Å². The highest BCUT2D eigenvalue weighted by Gasteiger charge is 2.19. The molecular formula is C7H3ClINO3S. The molecule has 0 bridgehead atoms. The Balaban J connectivity index is 2.81. The maximum Gasteiger partial charge on any atom is 0.332 e. The first-order valence-electron chi connectivity index (χ1n) is 3.48. The fourth-order valence-electron chi connectivity index (χ4n) is 0.999. The molecule has 0 aliphatic rings. The lowest BCUT2D eigenvalue weighted by atomic mass is 10.3. The highest BCUT2D eigenvalue weighted by atomic mass is 127. The second-order valence-electron chi connectivity index (χ2n) is 2.51. The summed E-state index contributed by atoms with van der Waals surface area (Å²) in [5.41, 5.74) is 0.920. The van der Waals surface area contributed by atoms with Gasteiger partial charge in [-0.1, -0.05) is 6.07 Å². The largest absolute Gasteiger partial charge is 0.426 e. The SMILES string of the molecule is O=S(=O)(Cl)c1nc2cccc(I)c2o1. The van der Waals surface area contributed by atoms with Crippen molar-refractivity contribution in [1.82, 2.24) is 4.98 Å². The molecule has 1 aromatic carbocycles. The van der Waals surface area contributed by atoms with Gasteiger partial charge in [0.05, 0.1) is 3.57 Å². The third-order valence-electron chi connectivity index (χ3n) is 1.56. The molecule has 0 fully saturated rings. The van der Waals surface area contributed by atoms with E-state index in [-0.39, 0.29) is 0 Å². The first-order chi connectivity index (χ1) is 6.48. The number of nitrogens with zero attached hydrogens (tertiary/aromatic N) is 1. The van der Waals surface area contributed by atoms with Gasteiger partial charge in [0.25, 0.3) is 0 Å². The molecule has 0 aliphatic heterocycles. The molecule has 0 aliphatic carbocycles. The molecule has 14 heavy (non-hydrogen) atoms. The second kappa shape index (κ2) is 3.35. The van der Waals surface area contributed by atoms with E-state index in [0.717, 1.165) is 3.57 Å². The summed E-state index contributed by atoms with van der Waals surface area (Å²) in [5.74, 6) is 0. The van der Waals surface area contributed by atoms with Gasteiger partial charge in [0.2, 0.25) is 0 Å². The number of benzene rings is 1. The van der Waals surface area contributed by atoms with Crippen molar-refractivity contribution in [3.05, 3.63) is 21.8 Å². The van der Waals surface area contributed by atoms with Crippen molar-refractivity contribution in [1.29, 1.82) is 0 Å². The molecule has 0 saturated carbocycles. The fourth-order valence-corrected chi connectivity index (χ4v) is 2.18. The first kappa shape index (κ1) is 10.2. The van der Waals surface area contributed by atoms with Gasteiger partial charge in [-0.15, -0.1) is 0 Å². The van der Waals surface area contributed by atoms with Crippen molar-refractivity contribution < 1.29 is 12.8 Å². The van der Waals surface area contributed by atoms with E-state index in [4.69, 9.17) is 15.1 Å². The second-order valence-corrected chi connectivity index (χ2v) is 6.11. The maximum atomic E-state index is 10.9. The Labute approximate surface area is 97.8 Å². The Hall–Kier alpha value is -0.340. The molecule has 0 unspecified atom stereocenters. The van der Waals surface area contributed by atoms with E-state index < -0.39 is 14.3 Å². The summed E-state index contributed by atoms with van der Waals surface area (Å²) in [6.07, 6.45) is 0. The van der Waals surface area contributed by atoms with Crippen LogP contribution in [0.15, 0.2) is 27.8 Å². The molecule has 0 atom stereocenters. The molecule has 0 N–H and O–H groups in total. The zero-order valence-electron chi connectivity index (χ0n) is 6.57. The Morgan fingerprint density at radius 1 is 1.43 bits per heavy atom. The summed E-state index contributed by atoms with van der Waals surface area (Å²) < 4.78 is 27.7. The first-order valence-corrected chi connectivity index (χ1v) is 6.87. The van der Waals surface area contributed by atoms with Gasteiger partial charge in [0, 0.05) is 10.7 Å². The normalized spacial score (nSPS) is 12.1. The lowest BCUT2D eigenvalue weighted by molar-refractivity contribution is 0.463. The van der Waals surface area contributed by atoms with Crippen LogP contribution < -0.4 is 0 Å². The molecule has 0 radical (unpaired) electrons. The van der Waals surface area contributed by atoms with Crippen molar-refractivity contribution in [3.63, 3.8) is 0 Å². The van der Waals surface area contributed by atoms with Crippen LogP contribution in [0.1, 0.15) is 0 Å². The van der Waals surface area contributed by atoms with Crippen molar-refractivity contribution >= 4 is 53.4 Å². The summed E-state index contributed by atoms with van der Waals surface area (Å²) in [6.45, 7) is 0. The fraction of sp³-hybridized carbons (Fsp3) is 0. The number of aromatic nitrogens is 1. The van der Waals surface area contributed by atoms with E-state index in [1.807, 2.05) is 22.6 Å². The number of fused-ring (bicyclic) bond motifs is 1. The lowest BCUT2D eigenvalue weighted by Gasteiger charge is -1.87. The molecule has 4 nitrogen and oxygen atoms in total. The van der Waals surface area contributed by atoms with Crippen LogP contribution in [0.4, 0.5) is 0 Å². The van der Waals surface area contributed by atoms with Crippen molar-refractivity contribution in [2.75, 3.05) is 0 Å². The summed E-state index contributed by atoms with van der Waals surface area (Å²) in [4.78, 5) is 3.75. The number of hydrogen-bond acceptors (Lipinski definition) is 4. The smallest absolute Gasteiger partial charge is 0.332 e. The predicted octanol–water partition coefficient (Wildman–Crippen LogP) is 2.36. The third-order valence-corrected chi connectivity index (χ3v) is 3.39. The minimum Gasteiger partial charge on any atom is -0.426 e. The van der Waals surface area contributed by atoms with Gasteiger partial charge in [-0.3, -0.25) is 0 Å². The van der Waals surface area contributed by atoms with Gasteiger partial charge in [-0.05, 0) is 34.7 Å². The molecule has 1 heterocycles. The van der Waals surface area contributed by atoms with Crippen molar-refractivity contribution in [2.24, 2.45) is 0 Å². The highest BCUT2D eigenvalue weighted by molar-refractivity contribution is 14.1. The van der Waals surface area contributed by atoms with Gasteiger partial charge in [-0.25, -0.2) is 8.42 Å². The lowest BCUT2D eigenvalue weighted by Crippen LogP contribution is -1.88.